The number of ether oxygens (including phenoxy) is 1. The topological polar surface area (TPSA) is 227 Å². The van der Waals surface area contributed by atoms with Crippen molar-refractivity contribution in [3.63, 3.8) is 0 Å². The van der Waals surface area contributed by atoms with E-state index in [0.717, 1.165) is 0 Å². The van der Waals surface area contributed by atoms with E-state index in [4.69, 9.17) is 15.5 Å². The number of oxime groups is 1. The number of hydrogen-bond acceptors (Lipinski definition) is 12. The second-order valence-electron chi connectivity index (χ2n) is 6.91. The number of nitrogens with zero attached hydrogens (tertiary/aromatic N) is 5. The van der Waals surface area contributed by atoms with Crippen molar-refractivity contribution in [2.45, 2.75) is 19.3 Å². The highest BCUT2D eigenvalue weighted by Gasteiger charge is 2.49. The number of esters is 2. The molecule has 0 saturated carbocycles. The fraction of sp³-hybridized carbons (Fsp3) is 0.150. The highest BCUT2D eigenvalue weighted by atomic mass is 19.4. The molecule has 0 radical (unpaired) electrons. The summed E-state index contributed by atoms with van der Waals surface area (Å²) in [6.45, 7) is 1.66. The number of nitro groups is 2. The monoisotopic (exact) mass is 596 g/mol. The van der Waals surface area contributed by atoms with E-state index in [1.54, 1.807) is 19.1 Å². The number of aryl methyl sites for hydroxylation is 1. The van der Waals surface area contributed by atoms with E-state index in [1.807, 2.05) is 0 Å². The molecule has 2 aromatic carbocycles. The SMILES string of the molecule is Cc1nc(-c2cccc([N+](=O)[O-])c2)no1.N/C(=N\O)c1cccc([N+](=O)[O-])c1.O=C(OC(=O)C(F)(F)F)C(F)(F)F. The highest BCUT2D eigenvalue weighted by Crippen LogP contribution is 2.22. The number of aromatic nitrogens is 2. The smallest absolute Gasteiger partial charge is 0.409 e. The number of rotatable bonds is 4. The summed E-state index contributed by atoms with van der Waals surface area (Å²) < 4.78 is 74.5. The third kappa shape index (κ3) is 10.9. The molecular formula is C20H14F6N6O9. The zero-order chi connectivity index (χ0) is 31.5. The molecule has 21 heteroatoms. The summed E-state index contributed by atoms with van der Waals surface area (Å²) in [5.74, 6) is -5.76. The van der Waals surface area contributed by atoms with Crippen LogP contribution in [-0.2, 0) is 14.3 Å². The Balaban J connectivity index is 0.000000309. The molecule has 3 N–H and O–H groups in total. The maximum Gasteiger partial charge on any atom is 0.491 e. The summed E-state index contributed by atoms with van der Waals surface area (Å²) >= 11 is 0. The van der Waals surface area contributed by atoms with E-state index >= 15 is 0 Å². The number of alkyl halides is 6. The standard InChI is InChI=1S/C9H7N3O3.C7H7N3O3.C4F6O3/c1-6-10-9(11-15-6)7-3-2-4-8(5-7)12(13)14;8-7(9-11)5-2-1-3-6(4-5)10(12)13;5-3(6,7)1(11)13-2(12)4(8,9)10/h2-5H,1H3;1-4,11H,(H2,8,9);. The van der Waals surface area contributed by atoms with Crippen molar-refractivity contribution >= 4 is 29.1 Å². The maximum absolute atomic E-state index is 11.2. The molecule has 0 fully saturated rings. The van der Waals surface area contributed by atoms with Crippen LogP contribution in [0.5, 0.6) is 0 Å². The molecule has 41 heavy (non-hydrogen) atoms. The molecule has 0 bridgehead atoms. The van der Waals surface area contributed by atoms with Gasteiger partial charge in [-0.1, -0.05) is 34.6 Å². The molecule has 3 rings (SSSR count). The lowest BCUT2D eigenvalue weighted by molar-refractivity contribution is -0.385. The quantitative estimate of drug-likeness (QED) is 0.0640. The number of amidine groups is 1. The van der Waals surface area contributed by atoms with Crippen LogP contribution in [0.25, 0.3) is 11.4 Å². The van der Waals surface area contributed by atoms with Gasteiger partial charge in [-0.05, 0) is 0 Å². The molecule has 0 amide bonds. The van der Waals surface area contributed by atoms with Gasteiger partial charge in [-0.15, -0.1) is 0 Å². The molecule has 1 heterocycles. The molecular weight excluding hydrogens is 582 g/mol. The molecule has 0 spiro atoms. The Morgan fingerprint density at radius 3 is 1.85 bits per heavy atom. The van der Waals surface area contributed by atoms with Crippen LogP contribution >= 0.6 is 0 Å². The molecule has 0 aliphatic carbocycles. The van der Waals surface area contributed by atoms with E-state index in [-0.39, 0.29) is 17.2 Å². The Labute approximate surface area is 222 Å². The van der Waals surface area contributed by atoms with E-state index in [0.29, 0.717) is 22.8 Å². The molecule has 15 nitrogen and oxygen atoms in total. The predicted octanol–water partition coefficient (Wildman–Crippen LogP) is 3.82. The number of carbonyl (C=O) groups excluding carboxylic acids is 2. The minimum atomic E-state index is -5.62. The number of nitro benzene ring substituents is 2. The Morgan fingerprint density at radius 1 is 0.951 bits per heavy atom. The molecule has 0 unspecified atom stereocenters. The van der Waals surface area contributed by atoms with E-state index in [2.05, 4.69) is 20.0 Å². The van der Waals surface area contributed by atoms with Crippen LogP contribution in [0.2, 0.25) is 0 Å². The zero-order valence-corrected chi connectivity index (χ0v) is 19.9. The molecule has 3 aromatic rings. The summed E-state index contributed by atoms with van der Waals surface area (Å²) in [5.41, 5.74) is 6.04. The van der Waals surface area contributed by atoms with E-state index < -0.39 is 34.1 Å². The lowest BCUT2D eigenvalue weighted by Gasteiger charge is -2.06. The number of benzene rings is 2. The van der Waals surface area contributed by atoms with Gasteiger partial charge in [0.2, 0.25) is 11.7 Å². The van der Waals surface area contributed by atoms with Gasteiger partial charge in [-0.25, -0.2) is 9.59 Å². The minimum Gasteiger partial charge on any atom is -0.409 e. The predicted molar refractivity (Wildman–Crippen MR) is 120 cm³/mol. The molecule has 1 aromatic heterocycles. The Hall–Kier alpha value is -5.63. The van der Waals surface area contributed by atoms with E-state index in [1.165, 1.54) is 36.4 Å². The Morgan fingerprint density at radius 2 is 1.44 bits per heavy atom. The van der Waals surface area contributed by atoms with Gasteiger partial charge in [0.1, 0.15) is 0 Å². The van der Waals surface area contributed by atoms with Gasteiger partial charge in [-0.3, -0.25) is 20.2 Å². The average Bonchev–Trinajstić information content (AvgIpc) is 3.34. The normalized spacial score (nSPS) is 11.2. The van der Waals surface area contributed by atoms with Crippen LogP contribution in [-0.4, -0.2) is 55.3 Å². The summed E-state index contributed by atoms with van der Waals surface area (Å²) in [4.78, 5) is 43.1. The van der Waals surface area contributed by atoms with Gasteiger partial charge >= 0.3 is 24.3 Å². The molecule has 0 aliphatic heterocycles. The van der Waals surface area contributed by atoms with Crippen LogP contribution in [0.1, 0.15) is 11.5 Å². The summed E-state index contributed by atoms with van der Waals surface area (Å²) in [6.07, 6.45) is -11.2. The van der Waals surface area contributed by atoms with Gasteiger partial charge in [0.05, 0.1) is 9.85 Å². The number of carbonyl (C=O) groups is 2. The molecule has 0 saturated heterocycles. The zero-order valence-electron chi connectivity index (χ0n) is 19.9. The number of hydrogen-bond donors (Lipinski definition) is 2. The number of halogens is 6. The second-order valence-corrected chi connectivity index (χ2v) is 6.91. The highest BCUT2D eigenvalue weighted by molar-refractivity contribution is 5.97. The van der Waals surface area contributed by atoms with Crippen molar-refractivity contribution in [3.8, 4) is 11.4 Å². The van der Waals surface area contributed by atoms with Crippen molar-refractivity contribution in [2.75, 3.05) is 0 Å². The van der Waals surface area contributed by atoms with Crippen LogP contribution in [0.3, 0.4) is 0 Å². The lowest BCUT2D eigenvalue weighted by atomic mass is 10.2. The fourth-order valence-corrected chi connectivity index (χ4v) is 2.21. The van der Waals surface area contributed by atoms with Gasteiger partial charge in [-0.2, -0.15) is 31.3 Å². The van der Waals surface area contributed by atoms with Crippen LogP contribution in [0, 0.1) is 27.2 Å². The average molecular weight is 596 g/mol. The second kappa shape index (κ2) is 14.0. The molecule has 220 valence electrons. The maximum atomic E-state index is 11.2. The van der Waals surface area contributed by atoms with Crippen LogP contribution < -0.4 is 5.73 Å². The van der Waals surface area contributed by atoms with Crippen LogP contribution in [0.4, 0.5) is 37.7 Å². The van der Waals surface area contributed by atoms with Crippen molar-refractivity contribution in [3.05, 3.63) is 80.2 Å². The Bertz CT molecular complexity index is 1420. The van der Waals surface area contributed by atoms with Crippen molar-refractivity contribution in [1.82, 2.24) is 10.1 Å². The molecule has 0 atom stereocenters. The van der Waals surface area contributed by atoms with E-state index in [9.17, 15) is 56.2 Å². The lowest BCUT2D eigenvalue weighted by Crippen LogP contribution is -2.34. The summed E-state index contributed by atoms with van der Waals surface area (Å²) in [6, 6.07) is 11.6. The largest absolute Gasteiger partial charge is 0.491 e. The number of non-ortho nitro benzene ring substituents is 2. The summed E-state index contributed by atoms with van der Waals surface area (Å²) in [5, 5.41) is 35.6. The summed E-state index contributed by atoms with van der Waals surface area (Å²) in [7, 11) is 0. The fourth-order valence-electron chi connectivity index (χ4n) is 2.21. The van der Waals surface area contributed by atoms with Gasteiger partial charge < -0.3 is 20.2 Å². The molecule has 0 aliphatic rings. The number of nitrogens with two attached hydrogens (primary N) is 1. The van der Waals surface area contributed by atoms with Crippen molar-refractivity contribution < 1.29 is 60.2 Å². The van der Waals surface area contributed by atoms with Gasteiger partial charge in [0, 0.05) is 42.3 Å². The first-order valence-electron chi connectivity index (χ1n) is 10.0. The van der Waals surface area contributed by atoms with Crippen molar-refractivity contribution in [1.29, 1.82) is 0 Å². The first kappa shape index (κ1) is 33.4. The Kier molecular flexibility index (Phi) is 11.4. The third-order valence-electron chi connectivity index (χ3n) is 3.95. The third-order valence-corrected chi connectivity index (χ3v) is 3.95. The first-order chi connectivity index (χ1) is 18.9. The minimum absolute atomic E-state index is 0.00922. The van der Waals surface area contributed by atoms with Crippen LogP contribution in [0.15, 0.2) is 58.2 Å². The first-order valence-corrected chi connectivity index (χ1v) is 10.0. The van der Waals surface area contributed by atoms with Gasteiger partial charge in [0.15, 0.2) is 5.84 Å². The van der Waals surface area contributed by atoms with Gasteiger partial charge in [0.25, 0.3) is 11.4 Å². The van der Waals surface area contributed by atoms with Crippen molar-refractivity contribution in [2.24, 2.45) is 10.9 Å².